The third kappa shape index (κ3) is 3.43. The first-order valence-corrected chi connectivity index (χ1v) is 9.75. The Labute approximate surface area is 175 Å². The molecule has 7 heteroatoms. The summed E-state index contributed by atoms with van der Waals surface area (Å²) in [4.78, 5) is 26.1. The van der Waals surface area contributed by atoms with Crippen molar-refractivity contribution in [3.63, 3.8) is 0 Å². The number of hydrogen-bond acceptors (Lipinski definition) is 4. The van der Waals surface area contributed by atoms with Gasteiger partial charge in [-0.3, -0.25) is 14.3 Å². The zero-order valence-electron chi connectivity index (χ0n) is 17.4. The molecule has 1 aliphatic heterocycles. The normalized spacial score (nSPS) is 17.8. The minimum absolute atomic E-state index is 0.278. The van der Waals surface area contributed by atoms with Crippen LogP contribution in [0.3, 0.4) is 0 Å². The quantitative estimate of drug-likeness (QED) is 0.700. The summed E-state index contributed by atoms with van der Waals surface area (Å²) in [5, 5.41) is 10.3. The number of fused-ring (bicyclic) bond motifs is 1. The van der Waals surface area contributed by atoms with Crippen LogP contribution >= 0.6 is 0 Å². The van der Waals surface area contributed by atoms with Crippen molar-refractivity contribution in [2.45, 2.75) is 25.8 Å². The first-order valence-electron chi connectivity index (χ1n) is 9.75. The average molecular weight is 404 g/mol. The van der Waals surface area contributed by atoms with Crippen molar-refractivity contribution >= 4 is 17.6 Å². The Hall–Kier alpha value is -3.61. The van der Waals surface area contributed by atoms with Gasteiger partial charge in [-0.05, 0) is 43.7 Å². The maximum absolute atomic E-state index is 13.1. The van der Waals surface area contributed by atoms with Crippen molar-refractivity contribution in [3.05, 3.63) is 76.5 Å². The van der Waals surface area contributed by atoms with Crippen LogP contribution in [0, 0.1) is 13.8 Å². The highest BCUT2D eigenvalue weighted by Gasteiger charge is 2.41. The number of ether oxygens (including phenoxy) is 1. The van der Waals surface area contributed by atoms with Crippen LogP contribution in [0.4, 0.5) is 5.82 Å². The van der Waals surface area contributed by atoms with Crippen LogP contribution in [0.2, 0.25) is 0 Å². The Morgan fingerprint density at radius 2 is 1.93 bits per heavy atom. The number of rotatable bonds is 4. The topological polar surface area (TPSA) is 85.2 Å². The number of benzene rings is 2. The second-order valence-electron chi connectivity index (χ2n) is 7.54. The molecule has 0 spiro atoms. The maximum Gasteiger partial charge on any atom is 0.251 e. The van der Waals surface area contributed by atoms with Gasteiger partial charge in [0, 0.05) is 24.1 Å². The van der Waals surface area contributed by atoms with Gasteiger partial charge in [0.15, 0.2) is 0 Å². The van der Waals surface area contributed by atoms with Crippen LogP contribution in [0.1, 0.15) is 38.7 Å². The smallest absolute Gasteiger partial charge is 0.251 e. The van der Waals surface area contributed by atoms with Crippen molar-refractivity contribution in [2.75, 3.05) is 12.4 Å². The van der Waals surface area contributed by atoms with Gasteiger partial charge in [-0.15, -0.1) is 0 Å². The van der Waals surface area contributed by atoms with Gasteiger partial charge < -0.3 is 15.4 Å². The van der Waals surface area contributed by atoms with Crippen molar-refractivity contribution in [1.29, 1.82) is 0 Å². The molecule has 154 valence electrons. The van der Waals surface area contributed by atoms with Crippen LogP contribution in [0.5, 0.6) is 5.75 Å². The van der Waals surface area contributed by atoms with Crippen LogP contribution < -0.4 is 15.4 Å². The Morgan fingerprint density at radius 3 is 2.67 bits per heavy atom. The molecule has 30 heavy (non-hydrogen) atoms. The number of carbonyl (C=O) groups excluding carboxylic acids is 2. The lowest BCUT2D eigenvalue weighted by Gasteiger charge is -2.32. The predicted octanol–water partition coefficient (Wildman–Crippen LogP) is 2.93. The number of aryl methyl sites for hydroxylation is 3. The molecule has 2 heterocycles. The maximum atomic E-state index is 13.1. The second-order valence-corrected chi connectivity index (χ2v) is 7.54. The number of nitrogens with one attached hydrogen (secondary N) is 2. The highest BCUT2D eigenvalue weighted by Crippen LogP contribution is 2.40. The first-order chi connectivity index (χ1) is 14.4. The number of carbonyl (C=O) groups is 2. The van der Waals surface area contributed by atoms with E-state index in [1.807, 2.05) is 50.2 Å². The molecule has 0 saturated carbocycles. The van der Waals surface area contributed by atoms with E-state index >= 15 is 0 Å². The Balaban J connectivity index is 1.80. The van der Waals surface area contributed by atoms with E-state index in [-0.39, 0.29) is 11.8 Å². The van der Waals surface area contributed by atoms with Gasteiger partial charge in [0.1, 0.15) is 17.6 Å². The summed E-state index contributed by atoms with van der Waals surface area (Å²) >= 11 is 0. The van der Waals surface area contributed by atoms with E-state index in [4.69, 9.17) is 4.74 Å². The zero-order chi connectivity index (χ0) is 21.4. The minimum Gasteiger partial charge on any atom is -0.497 e. The van der Waals surface area contributed by atoms with E-state index < -0.39 is 12.0 Å². The van der Waals surface area contributed by atoms with E-state index in [0.29, 0.717) is 17.1 Å². The fraction of sp³-hybridized carbons (Fsp3) is 0.261. The lowest BCUT2D eigenvalue weighted by atomic mass is 9.81. The number of nitrogens with zero attached hydrogens (tertiary/aromatic N) is 2. The molecule has 4 rings (SSSR count). The molecule has 2 atom stereocenters. The van der Waals surface area contributed by atoms with Gasteiger partial charge in [0.2, 0.25) is 5.91 Å². The highest BCUT2D eigenvalue weighted by atomic mass is 16.5. The van der Waals surface area contributed by atoms with Gasteiger partial charge in [-0.1, -0.05) is 29.8 Å². The summed E-state index contributed by atoms with van der Waals surface area (Å²) in [6.45, 7) is 3.83. The highest BCUT2D eigenvalue weighted by molar-refractivity contribution is 6.04. The molecule has 0 fully saturated rings. The third-order valence-corrected chi connectivity index (χ3v) is 5.46. The molecule has 2 amide bonds. The van der Waals surface area contributed by atoms with E-state index in [9.17, 15) is 9.59 Å². The molecule has 3 aromatic rings. The van der Waals surface area contributed by atoms with E-state index in [0.717, 1.165) is 22.4 Å². The molecule has 7 nitrogen and oxygen atoms in total. The minimum atomic E-state index is -0.791. The number of hydrogen-bond donors (Lipinski definition) is 2. The van der Waals surface area contributed by atoms with Crippen molar-refractivity contribution in [2.24, 2.45) is 7.05 Å². The monoisotopic (exact) mass is 404 g/mol. The van der Waals surface area contributed by atoms with Gasteiger partial charge in [0.25, 0.3) is 5.91 Å². The summed E-state index contributed by atoms with van der Waals surface area (Å²) in [6.07, 6.45) is 0. The summed E-state index contributed by atoms with van der Waals surface area (Å²) in [7, 11) is 3.39. The average Bonchev–Trinajstić information content (AvgIpc) is 3.01. The lowest BCUT2D eigenvalue weighted by Crippen LogP contribution is -2.50. The molecule has 0 aliphatic carbocycles. The molecule has 1 aliphatic rings. The summed E-state index contributed by atoms with van der Waals surface area (Å²) in [5.41, 5.74) is 4.05. The SMILES string of the molecule is COc1cccc([C@@H]2c3c(C)nn(C)c3NC(=O)[C@@H]2NC(=O)c2cccc(C)c2)c1. The standard InChI is InChI=1S/C23H24N4O3/c1-13-7-5-9-16(11-13)22(28)24-20-19(15-8-6-10-17(12-15)30-4)18-14(2)26-27(3)21(18)25-23(20)29/h5-12,19-20H,1-4H3,(H,24,28)(H,25,29)/t19-,20-/m1/s1. The largest absolute Gasteiger partial charge is 0.497 e. The van der Waals surface area contributed by atoms with Crippen molar-refractivity contribution in [3.8, 4) is 5.75 Å². The Kier molecular flexibility index (Phi) is 5.03. The van der Waals surface area contributed by atoms with Gasteiger partial charge in [0.05, 0.1) is 12.8 Å². The second kappa shape index (κ2) is 7.67. The van der Waals surface area contributed by atoms with Crippen molar-refractivity contribution in [1.82, 2.24) is 15.1 Å². The van der Waals surface area contributed by atoms with Crippen LogP contribution in [0.25, 0.3) is 0 Å². The van der Waals surface area contributed by atoms with E-state index in [2.05, 4.69) is 15.7 Å². The first kappa shape index (κ1) is 19.7. The molecule has 0 bridgehead atoms. The molecule has 2 N–H and O–H groups in total. The van der Waals surface area contributed by atoms with E-state index in [1.54, 1.807) is 31.0 Å². The van der Waals surface area contributed by atoms with Gasteiger partial charge in [-0.2, -0.15) is 5.10 Å². The van der Waals surface area contributed by atoms with Crippen molar-refractivity contribution < 1.29 is 14.3 Å². The molecule has 0 radical (unpaired) electrons. The molecular formula is C23H24N4O3. The molecule has 2 aromatic carbocycles. The molecule has 0 saturated heterocycles. The Bertz CT molecular complexity index is 1140. The number of anilines is 1. The number of methoxy groups -OCH3 is 1. The summed E-state index contributed by atoms with van der Waals surface area (Å²) in [5.74, 6) is 0.360. The predicted molar refractivity (Wildman–Crippen MR) is 114 cm³/mol. The number of aromatic nitrogens is 2. The summed E-state index contributed by atoms with van der Waals surface area (Å²) < 4.78 is 7.05. The Morgan fingerprint density at radius 1 is 1.17 bits per heavy atom. The van der Waals surface area contributed by atoms with Gasteiger partial charge in [-0.25, -0.2) is 0 Å². The van der Waals surface area contributed by atoms with E-state index in [1.165, 1.54) is 0 Å². The fourth-order valence-corrected chi connectivity index (χ4v) is 4.06. The lowest BCUT2D eigenvalue weighted by molar-refractivity contribution is -0.118. The number of amides is 2. The summed E-state index contributed by atoms with van der Waals surface area (Å²) in [6, 6.07) is 14.1. The third-order valence-electron chi connectivity index (χ3n) is 5.46. The fourth-order valence-electron chi connectivity index (χ4n) is 4.06. The molecule has 1 aromatic heterocycles. The van der Waals surface area contributed by atoms with Crippen LogP contribution in [-0.2, 0) is 11.8 Å². The molecule has 0 unspecified atom stereocenters. The zero-order valence-corrected chi connectivity index (χ0v) is 17.4. The molecular weight excluding hydrogens is 380 g/mol. The van der Waals surface area contributed by atoms with Crippen LogP contribution in [0.15, 0.2) is 48.5 Å². The van der Waals surface area contributed by atoms with Gasteiger partial charge >= 0.3 is 0 Å². The van der Waals surface area contributed by atoms with Crippen LogP contribution in [-0.4, -0.2) is 34.7 Å².